The van der Waals surface area contributed by atoms with Crippen LogP contribution in [-0.4, -0.2) is 30.7 Å². The number of rotatable bonds is 9. The number of carbonyl (C=O) groups excluding carboxylic acids is 1. The van der Waals surface area contributed by atoms with Crippen LogP contribution in [0.4, 0.5) is 8.78 Å². The van der Waals surface area contributed by atoms with Crippen molar-refractivity contribution in [2.24, 2.45) is 0 Å². The van der Waals surface area contributed by atoms with E-state index in [2.05, 4.69) is 9.88 Å². The lowest BCUT2D eigenvalue weighted by Gasteiger charge is -2.18. The Kier molecular flexibility index (Phi) is 7.15. The first-order chi connectivity index (χ1) is 16.1. The van der Waals surface area contributed by atoms with E-state index >= 15 is 0 Å². The monoisotopic (exact) mass is 448 g/mol. The molecule has 1 heterocycles. The largest absolute Gasteiger partial charge is 0.383 e. The second kappa shape index (κ2) is 10.4. The van der Waals surface area contributed by atoms with E-state index in [0.29, 0.717) is 25.3 Å². The molecule has 0 unspecified atom stereocenters. The van der Waals surface area contributed by atoms with Gasteiger partial charge >= 0.3 is 0 Å². The fourth-order valence-corrected chi connectivity index (χ4v) is 4.17. The first-order valence-corrected chi connectivity index (χ1v) is 10.9. The zero-order valence-electron chi connectivity index (χ0n) is 18.4. The minimum Gasteiger partial charge on any atom is -0.383 e. The Hall–Kier alpha value is -3.51. The molecule has 0 radical (unpaired) electrons. The maximum absolute atomic E-state index is 14.9. The van der Waals surface area contributed by atoms with Crippen molar-refractivity contribution >= 4 is 16.8 Å². The molecule has 0 fully saturated rings. The van der Waals surface area contributed by atoms with E-state index in [1.807, 2.05) is 30.5 Å². The molecule has 1 atom stereocenters. The molecule has 170 valence electrons. The van der Waals surface area contributed by atoms with E-state index in [9.17, 15) is 13.6 Å². The van der Waals surface area contributed by atoms with Crippen molar-refractivity contribution in [2.75, 3.05) is 20.3 Å². The third kappa shape index (κ3) is 5.29. The lowest BCUT2D eigenvalue weighted by molar-refractivity contribution is -0.121. The number of nitrogens with one attached hydrogen (secondary N) is 1. The van der Waals surface area contributed by atoms with Gasteiger partial charge in [-0.15, -0.1) is 0 Å². The predicted octanol–water partition coefficient (Wildman–Crippen LogP) is 5.25. The Bertz CT molecular complexity index is 1230. The zero-order chi connectivity index (χ0) is 23.2. The number of ether oxygens (including phenoxy) is 1. The van der Waals surface area contributed by atoms with Crippen LogP contribution in [0.15, 0.2) is 79.0 Å². The average Bonchev–Trinajstić information content (AvgIpc) is 3.18. The van der Waals surface area contributed by atoms with Gasteiger partial charge in [0.2, 0.25) is 5.91 Å². The molecule has 4 rings (SSSR count). The van der Waals surface area contributed by atoms with Crippen molar-refractivity contribution in [2.45, 2.75) is 18.9 Å². The minimum atomic E-state index is -0.465. The van der Waals surface area contributed by atoms with Crippen LogP contribution in [0, 0.1) is 11.6 Å². The van der Waals surface area contributed by atoms with Gasteiger partial charge in [0.05, 0.1) is 6.61 Å². The van der Waals surface area contributed by atoms with Crippen molar-refractivity contribution in [3.63, 3.8) is 0 Å². The number of benzene rings is 3. The van der Waals surface area contributed by atoms with Crippen LogP contribution in [0.1, 0.15) is 29.0 Å². The number of halogens is 2. The van der Waals surface area contributed by atoms with Gasteiger partial charge in [0.1, 0.15) is 11.6 Å². The quantitative estimate of drug-likeness (QED) is 0.355. The molecule has 33 heavy (non-hydrogen) atoms. The Morgan fingerprint density at radius 2 is 1.70 bits per heavy atom. The predicted molar refractivity (Wildman–Crippen MR) is 125 cm³/mol. The average molecular weight is 449 g/mol. The van der Waals surface area contributed by atoms with Crippen molar-refractivity contribution in [1.82, 2.24) is 9.88 Å². The number of para-hydroxylation sites is 1. The molecule has 0 saturated carbocycles. The molecule has 4 aromatic rings. The molecule has 4 nitrogen and oxygen atoms in total. The third-order valence-corrected chi connectivity index (χ3v) is 5.76. The highest BCUT2D eigenvalue weighted by Crippen LogP contribution is 2.36. The molecule has 1 N–H and O–H groups in total. The number of hydrogen-bond acceptors (Lipinski definition) is 2. The summed E-state index contributed by atoms with van der Waals surface area (Å²) in [5.41, 5.74) is 3.27. The van der Waals surface area contributed by atoms with Crippen LogP contribution in [0.2, 0.25) is 0 Å². The Morgan fingerprint density at radius 1 is 0.970 bits per heavy atom. The van der Waals surface area contributed by atoms with Gasteiger partial charge in [-0.3, -0.25) is 4.79 Å². The van der Waals surface area contributed by atoms with E-state index in [1.165, 1.54) is 18.2 Å². The summed E-state index contributed by atoms with van der Waals surface area (Å²) in [7, 11) is 1.57. The second-order valence-corrected chi connectivity index (χ2v) is 7.98. The molecule has 0 aliphatic rings. The molecule has 0 bridgehead atoms. The van der Waals surface area contributed by atoms with Gasteiger partial charge in [-0.05, 0) is 41.0 Å². The van der Waals surface area contributed by atoms with Crippen molar-refractivity contribution in [1.29, 1.82) is 0 Å². The zero-order valence-corrected chi connectivity index (χ0v) is 18.4. The topological polar surface area (TPSA) is 43.3 Å². The summed E-state index contributed by atoms with van der Waals surface area (Å²) in [4.78, 5) is 12.7. The van der Waals surface area contributed by atoms with E-state index in [-0.39, 0.29) is 24.0 Å². The van der Waals surface area contributed by atoms with Crippen LogP contribution in [0.3, 0.4) is 0 Å². The minimum absolute atomic E-state index is 0.106. The number of carbonyl (C=O) groups is 1. The number of methoxy groups -OCH3 is 1. The standard InChI is InChI=1S/C27H26F2N2O2/c1-33-15-14-30-27(32)16-23(21-6-2-4-8-25(21)29)24-18-31(26-9-5-3-7-22(24)26)17-19-10-12-20(28)13-11-19/h2-13,18,23H,14-17H2,1H3,(H,30,32)/t23-/m1/s1. The van der Waals surface area contributed by atoms with E-state index < -0.39 is 5.92 Å². The normalized spacial score (nSPS) is 12.1. The molecular weight excluding hydrogens is 422 g/mol. The highest BCUT2D eigenvalue weighted by molar-refractivity contribution is 5.86. The fourth-order valence-electron chi connectivity index (χ4n) is 4.17. The van der Waals surface area contributed by atoms with Gasteiger partial charge in [0, 0.05) is 49.6 Å². The van der Waals surface area contributed by atoms with Crippen molar-refractivity contribution in [3.05, 3.63) is 107 Å². The maximum atomic E-state index is 14.9. The van der Waals surface area contributed by atoms with Crippen LogP contribution in [-0.2, 0) is 16.1 Å². The Morgan fingerprint density at radius 3 is 2.45 bits per heavy atom. The number of nitrogens with zero attached hydrogens (tertiary/aromatic N) is 1. The van der Waals surface area contributed by atoms with E-state index in [4.69, 9.17) is 4.74 Å². The van der Waals surface area contributed by atoms with Gasteiger partial charge < -0.3 is 14.6 Å². The van der Waals surface area contributed by atoms with Gasteiger partial charge in [0.15, 0.2) is 0 Å². The molecule has 0 saturated heterocycles. The van der Waals surface area contributed by atoms with Crippen molar-refractivity contribution in [3.8, 4) is 0 Å². The SMILES string of the molecule is COCCNC(=O)C[C@H](c1ccccc1F)c1cn(Cc2ccc(F)cc2)c2ccccc12. The van der Waals surface area contributed by atoms with Crippen molar-refractivity contribution < 1.29 is 18.3 Å². The number of hydrogen-bond donors (Lipinski definition) is 1. The highest BCUT2D eigenvalue weighted by Gasteiger charge is 2.25. The van der Waals surface area contributed by atoms with E-state index in [0.717, 1.165) is 22.0 Å². The van der Waals surface area contributed by atoms with Gasteiger partial charge in [-0.2, -0.15) is 0 Å². The van der Waals surface area contributed by atoms with Gasteiger partial charge in [-0.1, -0.05) is 48.5 Å². The molecule has 0 aliphatic carbocycles. The molecule has 6 heteroatoms. The van der Waals surface area contributed by atoms with Gasteiger partial charge in [-0.25, -0.2) is 8.78 Å². The highest BCUT2D eigenvalue weighted by atomic mass is 19.1. The fraction of sp³-hybridized carbons (Fsp3) is 0.222. The summed E-state index contributed by atoms with van der Waals surface area (Å²) in [5, 5.41) is 3.80. The molecule has 1 amide bonds. The molecular formula is C27H26F2N2O2. The van der Waals surface area contributed by atoms with Crippen LogP contribution < -0.4 is 5.32 Å². The summed E-state index contributed by atoms with van der Waals surface area (Å²) in [6.45, 7) is 1.34. The lowest BCUT2D eigenvalue weighted by atomic mass is 9.87. The van der Waals surface area contributed by atoms with Crippen LogP contribution >= 0.6 is 0 Å². The first kappa shape index (κ1) is 22.7. The summed E-state index contributed by atoms with van der Waals surface area (Å²) in [6.07, 6.45) is 2.09. The number of aromatic nitrogens is 1. The lowest BCUT2D eigenvalue weighted by Crippen LogP contribution is -2.28. The Balaban J connectivity index is 1.75. The van der Waals surface area contributed by atoms with E-state index in [1.54, 1.807) is 37.4 Å². The van der Waals surface area contributed by atoms with Crippen LogP contribution in [0.5, 0.6) is 0 Å². The molecule has 0 spiro atoms. The maximum Gasteiger partial charge on any atom is 0.221 e. The summed E-state index contributed by atoms with van der Waals surface area (Å²) in [6, 6.07) is 20.8. The van der Waals surface area contributed by atoms with Gasteiger partial charge in [0.25, 0.3) is 0 Å². The third-order valence-electron chi connectivity index (χ3n) is 5.76. The smallest absolute Gasteiger partial charge is 0.221 e. The summed E-state index contributed by atoms with van der Waals surface area (Å²) >= 11 is 0. The Labute approximate surface area is 191 Å². The number of fused-ring (bicyclic) bond motifs is 1. The van der Waals surface area contributed by atoms with Crippen LogP contribution in [0.25, 0.3) is 10.9 Å². The molecule has 0 aliphatic heterocycles. The molecule has 3 aromatic carbocycles. The summed E-state index contributed by atoms with van der Waals surface area (Å²) < 4.78 is 35.3. The number of amides is 1. The summed E-state index contributed by atoms with van der Waals surface area (Å²) in [5.74, 6) is -1.26. The second-order valence-electron chi connectivity index (χ2n) is 7.98. The first-order valence-electron chi connectivity index (χ1n) is 10.9. The molecule has 1 aromatic heterocycles.